The first kappa shape index (κ1) is 12.5. The number of benzene rings is 1. The van der Waals surface area contributed by atoms with Crippen molar-refractivity contribution in [3.8, 4) is 0 Å². The van der Waals surface area contributed by atoms with Crippen LogP contribution in [-0.2, 0) is 4.74 Å². The summed E-state index contributed by atoms with van der Waals surface area (Å²) >= 11 is 0. The molecule has 0 saturated heterocycles. The molecule has 1 amide bonds. The Kier molecular flexibility index (Phi) is 4.31. The van der Waals surface area contributed by atoms with Crippen molar-refractivity contribution in [3.63, 3.8) is 0 Å². The van der Waals surface area contributed by atoms with Crippen molar-refractivity contribution in [2.75, 3.05) is 5.32 Å². The van der Waals surface area contributed by atoms with Crippen molar-refractivity contribution < 1.29 is 9.53 Å². The molecular weight excluding hydrogens is 204 g/mol. The largest absolute Gasteiger partial charge is 0.447 e. The summed E-state index contributed by atoms with van der Waals surface area (Å²) in [5, 5.41) is 2.68. The van der Waals surface area contributed by atoms with Gasteiger partial charge in [-0.2, -0.15) is 0 Å². The van der Waals surface area contributed by atoms with Gasteiger partial charge in [0.15, 0.2) is 0 Å². The summed E-state index contributed by atoms with van der Waals surface area (Å²) in [7, 11) is 0. The number of amides is 1. The van der Waals surface area contributed by atoms with Crippen molar-refractivity contribution >= 4 is 11.8 Å². The maximum Gasteiger partial charge on any atom is 0.411 e. The van der Waals surface area contributed by atoms with Crippen molar-refractivity contribution in [1.82, 2.24) is 0 Å². The Balaban J connectivity index is 2.77. The van der Waals surface area contributed by atoms with Crippen molar-refractivity contribution in [2.24, 2.45) is 5.73 Å². The molecule has 0 aliphatic carbocycles. The Labute approximate surface area is 95.8 Å². The summed E-state index contributed by atoms with van der Waals surface area (Å²) in [6.07, 6.45) is -0.592. The summed E-state index contributed by atoms with van der Waals surface area (Å²) < 4.78 is 5.00. The first-order chi connectivity index (χ1) is 7.50. The lowest BCUT2D eigenvalue weighted by atomic mass is 10.1. The summed E-state index contributed by atoms with van der Waals surface area (Å²) in [5.74, 6) is 0. The first-order valence-corrected chi connectivity index (χ1v) is 5.33. The van der Waals surface area contributed by atoms with Gasteiger partial charge >= 0.3 is 6.09 Å². The molecule has 0 aromatic heterocycles. The monoisotopic (exact) mass is 222 g/mol. The Morgan fingerprint density at radius 2 is 1.94 bits per heavy atom. The summed E-state index contributed by atoms with van der Waals surface area (Å²) in [5.41, 5.74) is 7.39. The summed E-state index contributed by atoms with van der Waals surface area (Å²) in [6, 6.07) is 7.29. The van der Waals surface area contributed by atoms with E-state index >= 15 is 0 Å². The van der Waals surface area contributed by atoms with Crippen LogP contribution in [0.2, 0.25) is 0 Å². The van der Waals surface area contributed by atoms with Crippen molar-refractivity contribution in [1.29, 1.82) is 0 Å². The van der Waals surface area contributed by atoms with Crippen LogP contribution in [0.15, 0.2) is 24.3 Å². The zero-order valence-corrected chi connectivity index (χ0v) is 9.86. The molecule has 3 N–H and O–H groups in total. The Hall–Kier alpha value is -1.55. The molecule has 4 heteroatoms. The van der Waals surface area contributed by atoms with E-state index in [1.807, 2.05) is 25.1 Å². The predicted molar refractivity (Wildman–Crippen MR) is 64.3 cm³/mol. The SMILES string of the molecule is CC(C)OC(=O)Nc1ccccc1C(C)N. The Morgan fingerprint density at radius 3 is 2.50 bits per heavy atom. The van der Waals surface area contributed by atoms with Crippen molar-refractivity contribution in [2.45, 2.75) is 32.9 Å². The lowest BCUT2D eigenvalue weighted by molar-refractivity contribution is 0.130. The quantitative estimate of drug-likeness (QED) is 0.826. The minimum absolute atomic E-state index is 0.129. The molecule has 1 unspecified atom stereocenters. The average Bonchev–Trinajstić information content (AvgIpc) is 2.16. The maximum absolute atomic E-state index is 11.4. The van der Waals surface area contributed by atoms with Gasteiger partial charge in [-0.05, 0) is 32.4 Å². The molecule has 1 atom stereocenters. The van der Waals surface area contributed by atoms with Crippen molar-refractivity contribution in [3.05, 3.63) is 29.8 Å². The summed E-state index contributed by atoms with van der Waals surface area (Å²) in [4.78, 5) is 11.4. The van der Waals surface area contributed by atoms with Crippen LogP contribution < -0.4 is 11.1 Å². The van der Waals surface area contributed by atoms with Crippen LogP contribution in [0.1, 0.15) is 32.4 Å². The van der Waals surface area contributed by atoms with Crippen LogP contribution >= 0.6 is 0 Å². The van der Waals surface area contributed by atoms with Gasteiger partial charge in [-0.1, -0.05) is 18.2 Å². The molecule has 0 aliphatic heterocycles. The van der Waals surface area contributed by atoms with Gasteiger partial charge in [0, 0.05) is 11.7 Å². The summed E-state index contributed by atoms with van der Waals surface area (Å²) in [6.45, 7) is 5.47. The van der Waals surface area contributed by atoms with Crippen LogP contribution in [0, 0.1) is 0 Å². The first-order valence-electron chi connectivity index (χ1n) is 5.33. The van der Waals surface area contributed by atoms with E-state index in [4.69, 9.17) is 10.5 Å². The number of nitrogens with one attached hydrogen (secondary N) is 1. The number of ether oxygens (including phenoxy) is 1. The van der Waals surface area contributed by atoms with Gasteiger partial charge in [-0.25, -0.2) is 4.79 Å². The van der Waals surface area contributed by atoms with E-state index in [1.54, 1.807) is 19.9 Å². The van der Waals surface area contributed by atoms with Crippen LogP contribution in [0.5, 0.6) is 0 Å². The molecule has 0 spiro atoms. The smallest absolute Gasteiger partial charge is 0.411 e. The van der Waals surface area contributed by atoms with Gasteiger partial charge in [0.1, 0.15) is 0 Å². The lowest BCUT2D eigenvalue weighted by Gasteiger charge is -2.14. The van der Waals surface area contributed by atoms with Crippen LogP contribution in [0.25, 0.3) is 0 Å². The second-order valence-corrected chi connectivity index (χ2v) is 3.95. The topological polar surface area (TPSA) is 64.3 Å². The minimum atomic E-state index is -0.455. The average molecular weight is 222 g/mol. The number of carbonyl (C=O) groups is 1. The van der Waals surface area contributed by atoms with Gasteiger partial charge in [0.05, 0.1) is 6.10 Å². The molecule has 1 rings (SSSR count). The van der Waals surface area contributed by atoms with E-state index in [0.29, 0.717) is 5.69 Å². The fourth-order valence-electron chi connectivity index (χ4n) is 1.36. The minimum Gasteiger partial charge on any atom is -0.447 e. The van der Waals surface area contributed by atoms with E-state index < -0.39 is 6.09 Å². The molecule has 0 saturated carbocycles. The molecule has 0 radical (unpaired) electrons. The van der Waals surface area contributed by atoms with Crippen LogP contribution in [0.3, 0.4) is 0 Å². The zero-order valence-electron chi connectivity index (χ0n) is 9.86. The molecule has 16 heavy (non-hydrogen) atoms. The van der Waals surface area contributed by atoms with Crippen LogP contribution in [-0.4, -0.2) is 12.2 Å². The molecule has 88 valence electrons. The standard InChI is InChI=1S/C12H18N2O2/c1-8(2)16-12(15)14-11-7-5-4-6-10(11)9(3)13/h4-9H,13H2,1-3H3,(H,14,15). The number of hydrogen-bond acceptors (Lipinski definition) is 3. The van der Waals surface area contributed by atoms with Gasteiger partial charge < -0.3 is 10.5 Å². The Bertz CT molecular complexity index is 362. The van der Waals surface area contributed by atoms with E-state index in [2.05, 4.69) is 5.32 Å². The second kappa shape index (κ2) is 5.51. The fraction of sp³-hybridized carbons (Fsp3) is 0.417. The molecule has 4 nitrogen and oxygen atoms in total. The van der Waals surface area contributed by atoms with Gasteiger partial charge in [-0.15, -0.1) is 0 Å². The number of rotatable bonds is 3. The number of nitrogens with two attached hydrogens (primary N) is 1. The molecule has 0 bridgehead atoms. The number of hydrogen-bond donors (Lipinski definition) is 2. The second-order valence-electron chi connectivity index (χ2n) is 3.95. The van der Waals surface area contributed by atoms with Crippen LogP contribution in [0.4, 0.5) is 10.5 Å². The molecule has 1 aromatic carbocycles. The van der Waals surface area contributed by atoms with Gasteiger partial charge in [-0.3, -0.25) is 5.32 Å². The third kappa shape index (κ3) is 3.55. The highest BCUT2D eigenvalue weighted by atomic mass is 16.6. The molecule has 0 fully saturated rings. The van der Waals surface area contributed by atoms with Gasteiger partial charge in [0.25, 0.3) is 0 Å². The molecule has 1 aromatic rings. The highest BCUT2D eigenvalue weighted by molar-refractivity contribution is 5.85. The van der Waals surface area contributed by atoms with E-state index in [-0.39, 0.29) is 12.1 Å². The number of carbonyl (C=O) groups excluding carboxylic acids is 1. The van der Waals surface area contributed by atoms with E-state index in [0.717, 1.165) is 5.56 Å². The normalized spacial score (nSPS) is 12.3. The highest BCUT2D eigenvalue weighted by Gasteiger charge is 2.10. The lowest BCUT2D eigenvalue weighted by Crippen LogP contribution is -2.19. The third-order valence-electron chi connectivity index (χ3n) is 2.03. The molecule has 0 aliphatic rings. The van der Waals surface area contributed by atoms with E-state index in [9.17, 15) is 4.79 Å². The highest BCUT2D eigenvalue weighted by Crippen LogP contribution is 2.20. The number of anilines is 1. The predicted octanol–water partition coefficient (Wildman–Crippen LogP) is 2.66. The maximum atomic E-state index is 11.4. The zero-order chi connectivity index (χ0) is 12.1. The fourth-order valence-corrected chi connectivity index (χ4v) is 1.36. The van der Waals surface area contributed by atoms with Gasteiger partial charge in [0.2, 0.25) is 0 Å². The Morgan fingerprint density at radius 1 is 1.31 bits per heavy atom. The molecular formula is C12H18N2O2. The van der Waals surface area contributed by atoms with E-state index in [1.165, 1.54) is 0 Å². The third-order valence-corrected chi connectivity index (χ3v) is 2.03. The molecule has 0 heterocycles. The number of para-hydroxylation sites is 1.